The van der Waals surface area contributed by atoms with Gasteiger partial charge in [0.25, 0.3) is 0 Å². The summed E-state index contributed by atoms with van der Waals surface area (Å²) in [6.07, 6.45) is 2.71. The van der Waals surface area contributed by atoms with Crippen LogP contribution in [0.25, 0.3) is 0 Å². The van der Waals surface area contributed by atoms with E-state index < -0.39 is 0 Å². The lowest BCUT2D eigenvalue weighted by Crippen LogP contribution is -2.11. The van der Waals surface area contributed by atoms with Crippen molar-refractivity contribution in [2.45, 2.75) is 13.3 Å². The van der Waals surface area contributed by atoms with Crippen LogP contribution < -0.4 is 5.32 Å². The van der Waals surface area contributed by atoms with Crippen LogP contribution in [0.2, 0.25) is 0 Å². The fourth-order valence-corrected chi connectivity index (χ4v) is 0.313. The van der Waals surface area contributed by atoms with E-state index >= 15 is 0 Å². The van der Waals surface area contributed by atoms with Crippen molar-refractivity contribution in [2.24, 2.45) is 4.99 Å². The van der Waals surface area contributed by atoms with Crippen LogP contribution in [0.4, 0.5) is 0 Å². The molecule has 46 valence electrons. The Balaban J connectivity index is 3.37. The van der Waals surface area contributed by atoms with Gasteiger partial charge in [-0.2, -0.15) is 0 Å². The van der Waals surface area contributed by atoms with Crippen molar-refractivity contribution in [2.75, 3.05) is 7.05 Å². The maximum atomic E-state index is 4.71. The minimum absolute atomic E-state index is 0.548. The maximum Gasteiger partial charge on any atom is 0.192 e. The molecule has 0 radical (unpaired) electrons. The second kappa shape index (κ2) is 4.71. The van der Waals surface area contributed by atoms with E-state index in [1.165, 1.54) is 0 Å². The number of hydrogen-bond donors (Lipinski definition) is 1. The third-order valence-corrected chi connectivity index (χ3v) is 0.915. The van der Waals surface area contributed by atoms with Gasteiger partial charge in [-0.3, -0.25) is 0 Å². The average Bonchev–Trinajstić information content (AvgIpc) is 1.83. The summed E-state index contributed by atoms with van der Waals surface area (Å²) in [5, 5.41) is 3.28. The molecule has 0 aliphatic heterocycles. The highest BCUT2D eigenvalue weighted by Crippen LogP contribution is 1.72. The number of rotatable bonds is 1. The Labute approximate surface area is 55.0 Å². The van der Waals surface area contributed by atoms with Gasteiger partial charge in [-0.25, -0.2) is 4.99 Å². The predicted octanol–water partition coefficient (Wildman–Crippen LogP) is 0.972. The number of hydrogen-bond acceptors (Lipinski definition) is 1. The molecule has 0 aliphatic carbocycles. The molecule has 3 heteroatoms. The van der Waals surface area contributed by atoms with Gasteiger partial charge in [-0.1, -0.05) is 6.92 Å². The quantitative estimate of drug-likeness (QED) is 0.422. The van der Waals surface area contributed by atoms with Crippen LogP contribution in [0.15, 0.2) is 4.99 Å². The molecule has 8 heavy (non-hydrogen) atoms. The minimum atomic E-state index is 0.548. The van der Waals surface area contributed by atoms with Crippen molar-refractivity contribution >= 4 is 23.5 Å². The van der Waals surface area contributed by atoms with Crippen LogP contribution in [-0.4, -0.2) is 18.4 Å². The second-order valence-corrected chi connectivity index (χ2v) is 1.66. The lowest BCUT2D eigenvalue weighted by Gasteiger charge is -1.89. The molecule has 0 fully saturated rings. The topological polar surface area (TPSA) is 24.4 Å². The van der Waals surface area contributed by atoms with Crippen LogP contribution in [0.5, 0.6) is 0 Å². The van der Waals surface area contributed by atoms with E-state index in [1.54, 1.807) is 13.3 Å². The molecule has 0 aliphatic rings. The summed E-state index contributed by atoms with van der Waals surface area (Å²) in [6.45, 7) is 2.02. The zero-order chi connectivity index (χ0) is 6.41. The Kier molecular flexibility index (Phi) is 4.45. The summed E-state index contributed by atoms with van der Waals surface area (Å²) in [6, 6.07) is 0. The molecule has 0 heterocycles. The number of nitrogens with one attached hydrogen (secondary N) is 1. The van der Waals surface area contributed by atoms with Gasteiger partial charge < -0.3 is 5.32 Å². The molecule has 0 rings (SSSR count). The Morgan fingerprint density at radius 3 is 2.88 bits per heavy atom. The molecule has 0 aromatic rings. The Morgan fingerprint density at radius 2 is 2.50 bits per heavy atom. The van der Waals surface area contributed by atoms with Crippen molar-refractivity contribution in [3.05, 3.63) is 0 Å². The van der Waals surface area contributed by atoms with Crippen molar-refractivity contribution in [3.8, 4) is 0 Å². The van der Waals surface area contributed by atoms with Gasteiger partial charge in [-0.15, -0.1) is 0 Å². The highest BCUT2D eigenvalue weighted by atomic mass is 32.1. The monoisotopic (exact) mass is 130 g/mol. The number of aliphatic imine (C=N–C) groups is 1. The highest BCUT2D eigenvalue weighted by Gasteiger charge is 1.78. The molecule has 1 N–H and O–H groups in total. The Hall–Kier alpha value is -0.440. The first-order valence-corrected chi connectivity index (χ1v) is 2.96. The molecule has 0 unspecified atom stereocenters. The predicted molar refractivity (Wildman–Crippen MR) is 40.4 cm³/mol. The minimum Gasteiger partial charge on any atom is -0.364 e. The van der Waals surface area contributed by atoms with Gasteiger partial charge in [-0.05, 0) is 18.6 Å². The maximum absolute atomic E-state index is 4.71. The molecule has 0 aromatic heterocycles. The van der Waals surface area contributed by atoms with Gasteiger partial charge in [0.05, 0.1) is 0 Å². The first-order valence-electron chi connectivity index (χ1n) is 2.55. The molecular weight excluding hydrogens is 120 g/mol. The summed E-state index contributed by atoms with van der Waals surface area (Å²) >= 11 is 4.71. The summed E-state index contributed by atoms with van der Waals surface area (Å²) in [5.74, 6) is 0. The summed E-state index contributed by atoms with van der Waals surface area (Å²) < 4.78 is 0. The van der Waals surface area contributed by atoms with E-state index in [9.17, 15) is 0 Å². The standard InChI is InChI=1S/C5H10N2S/c1-3-4-7-5(8)6-2/h4H,3H2,1-2H3,(H,6,8). The van der Waals surface area contributed by atoms with Gasteiger partial charge in [0.1, 0.15) is 0 Å². The number of thiocarbonyl (C=S) groups is 1. The summed E-state index contributed by atoms with van der Waals surface area (Å²) in [4.78, 5) is 3.86. The first-order chi connectivity index (χ1) is 3.81. The normalized spacial score (nSPS) is 9.75. The van der Waals surface area contributed by atoms with Crippen molar-refractivity contribution in [1.82, 2.24) is 5.32 Å². The van der Waals surface area contributed by atoms with Crippen LogP contribution in [0.3, 0.4) is 0 Å². The van der Waals surface area contributed by atoms with Crippen molar-refractivity contribution in [3.63, 3.8) is 0 Å². The molecule has 0 spiro atoms. The molecule has 0 aromatic carbocycles. The third kappa shape index (κ3) is 3.74. The summed E-state index contributed by atoms with van der Waals surface area (Å²) in [7, 11) is 1.76. The zero-order valence-electron chi connectivity index (χ0n) is 5.14. The lowest BCUT2D eigenvalue weighted by atomic mass is 10.5. The zero-order valence-corrected chi connectivity index (χ0v) is 5.96. The van der Waals surface area contributed by atoms with Crippen molar-refractivity contribution < 1.29 is 0 Å². The second-order valence-electron chi connectivity index (χ2n) is 1.28. The van der Waals surface area contributed by atoms with Crippen LogP contribution >= 0.6 is 12.2 Å². The van der Waals surface area contributed by atoms with E-state index in [0.717, 1.165) is 6.42 Å². The SMILES string of the molecule is CCC=NC(=S)NC. The van der Waals surface area contributed by atoms with E-state index in [4.69, 9.17) is 12.2 Å². The number of nitrogens with zero attached hydrogens (tertiary/aromatic N) is 1. The smallest absolute Gasteiger partial charge is 0.192 e. The average molecular weight is 130 g/mol. The van der Waals surface area contributed by atoms with Gasteiger partial charge >= 0.3 is 0 Å². The van der Waals surface area contributed by atoms with E-state index in [-0.39, 0.29) is 0 Å². The van der Waals surface area contributed by atoms with Crippen LogP contribution in [0.1, 0.15) is 13.3 Å². The van der Waals surface area contributed by atoms with E-state index in [1.807, 2.05) is 6.92 Å². The third-order valence-electron chi connectivity index (χ3n) is 0.605. The van der Waals surface area contributed by atoms with Gasteiger partial charge in [0, 0.05) is 13.3 Å². The first kappa shape index (κ1) is 7.56. The lowest BCUT2D eigenvalue weighted by molar-refractivity contribution is 1.18. The Morgan fingerprint density at radius 1 is 1.88 bits per heavy atom. The van der Waals surface area contributed by atoms with Gasteiger partial charge in [0.15, 0.2) is 5.11 Å². The van der Waals surface area contributed by atoms with Crippen LogP contribution in [-0.2, 0) is 0 Å². The fourth-order valence-electron chi connectivity index (χ4n) is 0.239. The molecule has 0 saturated heterocycles. The summed E-state index contributed by atoms with van der Waals surface area (Å²) in [5.41, 5.74) is 0. The molecule has 0 atom stereocenters. The largest absolute Gasteiger partial charge is 0.364 e. The molecular formula is C5H10N2S. The Bertz CT molecular complexity index is 98.6. The molecule has 0 amide bonds. The molecule has 2 nitrogen and oxygen atoms in total. The van der Waals surface area contributed by atoms with Gasteiger partial charge in [0.2, 0.25) is 0 Å². The van der Waals surface area contributed by atoms with Crippen LogP contribution in [0, 0.1) is 0 Å². The highest BCUT2D eigenvalue weighted by molar-refractivity contribution is 7.80. The molecule has 0 saturated carbocycles. The van der Waals surface area contributed by atoms with Crippen molar-refractivity contribution in [1.29, 1.82) is 0 Å². The fraction of sp³-hybridized carbons (Fsp3) is 0.600. The van der Waals surface area contributed by atoms with E-state index in [0.29, 0.717) is 5.11 Å². The molecule has 0 bridgehead atoms. The van der Waals surface area contributed by atoms with E-state index in [2.05, 4.69) is 10.3 Å².